The average Bonchev–Trinajstić information content (AvgIpc) is 2.97. The number of fused-ring (bicyclic) bond motifs is 1. The number of nitriles is 1. The Morgan fingerprint density at radius 1 is 1.09 bits per heavy atom. The molecule has 33 heavy (non-hydrogen) atoms. The van der Waals surface area contributed by atoms with Crippen molar-refractivity contribution in [2.24, 2.45) is 7.05 Å². The first-order valence-corrected chi connectivity index (χ1v) is 10.8. The van der Waals surface area contributed by atoms with Gasteiger partial charge in [-0.1, -0.05) is 6.92 Å². The molecule has 176 valence electrons. The van der Waals surface area contributed by atoms with E-state index >= 15 is 0 Å². The quantitative estimate of drug-likeness (QED) is 0.366. The van der Waals surface area contributed by atoms with E-state index < -0.39 is 29.7 Å². The molecule has 0 atom stereocenters. The number of hydrogen-bond acceptors (Lipinski definition) is 5. The van der Waals surface area contributed by atoms with Gasteiger partial charge in [0, 0.05) is 18.1 Å². The number of nitrogens with zero attached hydrogens (tertiary/aromatic N) is 5. The molecule has 3 aromatic rings. The zero-order chi connectivity index (χ0) is 24.8. The maximum atomic E-state index is 13.6. The molecule has 0 unspecified atom stereocenters. The summed E-state index contributed by atoms with van der Waals surface area (Å²) in [6.07, 6.45) is -3.16. The van der Waals surface area contributed by atoms with Gasteiger partial charge in [-0.25, -0.2) is 4.79 Å². The molecule has 0 saturated carbocycles. The molecule has 0 aliphatic carbocycles. The smallest absolute Gasteiger partial charge is 0.295 e. The highest BCUT2D eigenvalue weighted by molar-refractivity contribution is 7.99. The van der Waals surface area contributed by atoms with Gasteiger partial charge < -0.3 is 0 Å². The van der Waals surface area contributed by atoms with Crippen LogP contribution in [-0.2, 0) is 19.0 Å². The molecule has 3 heterocycles. The molecular formula is C21H20F5N5OS. The minimum Gasteiger partial charge on any atom is -0.295 e. The van der Waals surface area contributed by atoms with Crippen molar-refractivity contribution in [2.45, 2.75) is 49.7 Å². The third kappa shape index (κ3) is 4.46. The Kier molecular flexibility index (Phi) is 6.32. The number of hydrogen-bond donors (Lipinski definition) is 0. The molecule has 3 rings (SSSR count). The summed E-state index contributed by atoms with van der Waals surface area (Å²) < 4.78 is 66.7. The largest absolute Gasteiger partial charge is 0.455 e. The van der Waals surface area contributed by atoms with Crippen LogP contribution in [0.15, 0.2) is 34.2 Å². The Balaban J connectivity index is 2.15. The van der Waals surface area contributed by atoms with Gasteiger partial charge in [-0.15, -0.1) is 11.8 Å². The summed E-state index contributed by atoms with van der Waals surface area (Å²) in [5.41, 5.74) is -0.358. The second kappa shape index (κ2) is 8.44. The first kappa shape index (κ1) is 24.7. The molecule has 6 nitrogen and oxygen atoms in total. The fraction of sp³-hybridized carbons (Fsp3) is 0.429. The molecule has 0 aliphatic heterocycles. The van der Waals surface area contributed by atoms with Crippen molar-refractivity contribution in [2.75, 3.05) is 5.75 Å². The number of alkyl halides is 5. The monoisotopic (exact) mass is 485 g/mol. The summed E-state index contributed by atoms with van der Waals surface area (Å²) in [6, 6.07) is 5.45. The summed E-state index contributed by atoms with van der Waals surface area (Å²) in [5, 5.41) is 9.41. The number of halogens is 5. The third-order valence-corrected chi connectivity index (χ3v) is 6.11. The predicted molar refractivity (Wildman–Crippen MR) is 114 cm³/mol. The van der Waals surface area contributed by atoms with Crippen LogP contribution in [0.3, 0.4) is 0 Å². The summed E-state index contributed by atoms with van der Waals surface area (Å²) in [7, 11) is 1.28. The van der Waals surface area contributed by atoms with Gasteiger partial charge in [-0.2, -0.15) is 27.2 Å². The lowest BCUT2D eigenvalue weighted by Crippen LogP contribution is -2.42. The van der Waals surface area contributed by atoms with E-state index in [-0.39, 0.29) is 11.0 Å². The molecule has 0 N–H and O–H groups in total. The summed E-state index contributed by atoms with van der Waals surface area (Å²) in [4.78, 5) is 21.8. The van der Waals surface area contributed by atoms with Gasteiger partial charge in [-0.05, 0) is 37.3 Å². The van der Waals surface area contributed by atoms with Crippen LogP contribution in [0.2, 0.25) is 0 Å². The van der Waals surface area contributed by atoms with Gasteiger partial charge in [0.15, 0.2) is 0 Å². The summed E-state index contributed by atoms with van der Waals surface area (Å²) in [5.74, 6) is -4.39. The van der Waals surface area contributed by atoms with Gasteiger partial charge in [0.2, 0.25) is 0 Å². The van der Waals surface area contributed by atoms with Gasteiger partial charge >= 0.3 is 17.8 Å². The summed E-state index contributed by atoms with van der Waals surface area (Å²) >= 11 is 1.46. The normalized spacial score (nSPS) is 12.8. The van der Waals surface area contributed by atoms with Crippen molar-refractivity contribution in [1.29, 1.82) is 5.26 Å². The topological polar surface area (TPSA) is 76.5 Å². The molecule has 0 aliphatic rings. The number of pyridine rings is 2. The molecule has 0 amide bonds. The Labute approximate surface area is 190 Å². The fourth-order valence-electron chi connectivity index (χ4n) is 3.18. The number of imidazole rings is 1. The van der Waals surface area contributed by atoms with Crippen molar-refractivity contribution in [3.63, 3.8) is 0 Å². The molecular weight excluding hydrogens is 465 g/mol. The van der Waals surface area contributed by atoms with Crippen molar-refractivity contribution in [1.82, 2.24) is 19.1 Å². The first-order chi connectivity index (χ1) is 15.2. The highest BCUT2D eigenvalue weighted by Gasteiger charge is 2.58. The van der Waals surface area contributed by atoms with Crippen LogP contribution >= 0.6 is 11.8 Å². The van der Waals surface area contributed by atoms with E-state index in [1.54, 1.807) is 13.8 Å². The maximum Gasteiger partial charge on any atom is 0.455 e. The minimum atomic E-state index is -5.79. The lowest BCUT2D eigenvalue weighted by molar-refractivity contribution is -0.286. The van der Waals surface area contributed by atoms with Crippen LogP contribution in [0, 0.1) is 11.3 Å². The predicted octanol–water partition coefficient (Wildman–Crippen LogP) is 4.91. The zero-order valence-electron chi connectivity index (χ0n) is 18.2. The molecule has 12 heteroatoms. The molecule has 0 aromatic carbocycles. The van der Waals surface area contributed by atoms with Crippen LogP contribution in [0.4, 0.5) is 22.0 Å². The number of aryl methyl sites for hydroxylation is 1. The van der Waals surface area contributed by atoms with E-state index in [9.17, 15) is 32.0 Å². The maximum absolute atomic E-state index is 13.6. The second-order valence-electron chi connectivity index (χ2n) is 7.93. The molecule has 0 radical (unpaired) electrons. The van der Waals surface area contributed by atoms with Gasteiger partial charge in [0.05, 0.1) is 34.4 Å². The number of aromatic nitrogens is 4. The van der Waals surface area contributed by atoms with Crippen LogP contribution in [0.5, 0.6) is 0 Å². The van der Waals surface area contributed by atoms with E-state index in [0.717, 1.165) is 15.7 Å². The average molecular weight is 485 g/mol. The van der Waals surface area contributed by atoms with Crippen molar-refractivity contribution in [3.05, 3.63) is 40.6 Å². The summed E-state index contributed by atoms with van der Waals surface area (Å²) in [6.45, 7) is 3.59. The Hall–Kier alpha value is -2.94. The molecule has 0 spiro atoms. The zero-order valence-corrected chi connectivity index (χ0v) is 19.0. The Morgan fingerprint density at radius 2 is 1.76 bits per heavy atom. The standard InChI is InChI=1S/C21H20F5N5OS/c1-5-33-16-6-12(19(2,3)10-27)8-29-17(16)13-7-14-15(9-28-13)31(18(32)30(14)4)11-20(22,23)21(24,25)26/h6-9H,5,11H2,1-4H3. The SMILES string of the molecule is CCSc1cc(C(C)(C)C#N)cnc1-c1cc2c(cn1)n(CC(F)(F)C(F)(F)F)c(=O)n2C. The van der Waals surface area contributed by atoms with Gasteiger partial charge in [-0.3, -0.25) is 19.1 Å². The highest BCUT2D eigenvalue weighted by Crippen LogP contribution is 2.37. The van der Waals surface area contributed by atoms with Crippen molar-refractivity contribution in [3.8, 4) is 17.5 Å². The lowest BCUT2D eigenvalue weighted by Gasteiger charge is -2.19. The number of thioether (sulfide) groups is 1. The molecule has 3 aromatic heterocycles. The Morgan fingerprint density at radius 3 is 2.33 bits per heavy atom. The third-order valence-electron chi connectivity index (χ3n) is 5.20. The van der Waals surface area contributed by atoms with E-state index in [2.05, 4.69) is 16.0 Å². The number of rotatable bonds is 6. The molecule has 0 bridgehead atoms. The van der Waals surface area contributed by atoms with Crippen molar-refractivity contribution < 1.29 is 22.0 Å². The van der Waals surface area contributed by atoms with Crippen LogP contribution < -0.4 is 5.69 Å². The Bertz CT molecular complexity index is 1300. The lowest BCUT2D eigenvalue weighted by atomic mass is 9.87. The molecule has 0 fully saturated rings. The van der Waals surface area contributed by atoms with E-state index in [1.165, 1.54) is 31.1 Å². The first-order valence-electron chi connectivity index (χ1n) is 9.78. The molecule has 0 saturated heterocycles. The minimum absolute atomic E-state index is 0.138. The van der Waals surface area contributed by atoms with E-state index in [4.69, 9.17) is 0 Å². The van der Waals surface area contributed by atoms with Crippen molar-refractivity contribution >= 4 is 22.8 Å². The highest BCUT2D eigenvalue weighted by atomic mass is 32.2. The van der Waals surface area contributed by atoms with E-state index in [1.807, 2.05) is 13.0 Å². The van der Waals surface area contributed by atoms with Crippen LogP contribution in [0.1, 0.15) is 26.3 Å². The van der Waals surface area contributed by atoms with Gasteiger partial charge in [0.25, 0.3) is 0 Å². The van der Waals surface area contributed by atoms with Gasteiger partial charge in [0.1, 0.15) is 12.2 Å². The second-order valence-corrected chi connectivity index (χ2v) is 9.23. The van der Waals surface area contributed by atoms with Crippen LogP contribution in [-0.4, -0.2) is 37.0 Å². The van der Waals surface area contributed by atoms with Crippen LogP contribution in [0.25, 0.3) is 22.4 Å². The fourth-order valence-corrected chi connectivity index (χ4v) is 4.00. The van der Waals surface area contributed by atoms with E-state index in [0.29, 0.717) is 27.3 Å².